The molecule has 0 aromatic carbocycles. The van der Waals surface area contributed by atoms with E-state index in [1.54, 1.807) is 0 Å². The number of nitrogens with zero attached hydrogens (tertiary/aromatic N) is 1. The molecule has 0 spiro atoms. The minimum atomic E-state index is 0.104. The van der Waals surface area contributed by atoms with E-state index in [0.717, 1.165) is 6.54 Å². The first kappa shape index (κ1) is 9.32. The van der Waals surface area contributed by atoms with Gasteiger partial charge in [0.15, 0.2) is 0 Å². The van der Waals surface area contributed by atoms with Gasteiger partial charge in [0.1, 0.15) is 5.84 Å². The van der Waals surface area contributed by atoms with Crippen molar-refractivity contribution in [2.45, 2.75) is 32.2 Å². The number of hydrogen-bond acceptors (Lipinski definition) is 3. The van der Waals surface area contributed by atoms with Crippen molar-refractivity contribution in [3.63, 3.8) is 0 Å². The van der Waals surface area contributed by atoms with Crippen molar-refractivity contribution in [3.05, 3.63) is 0 Å². The van der Waals surface area contributed by atoms with Crippen molar-refractivity contribution in [2.75, 3.05) is 6.54 Å². The van der Waals surface area contributed by atoms with Crippen LogP contribution in [0.25, 0.3) is 0 Å². The second-order valence-corrected chi connectivity index (χ2v) is 3.87. The molecule has 4 nitrogen and oxygen atoms in total. The second kappa shape index (κ2) is 3.31. The standard InChI is InChI=1S/C8H17N3O/c1-6(7(9)11-12)5-10-8(2)3-4-8/h6,10,12H,3-5H2,1-2H3,(H2,9,11). The lowest BCUT2D eigenvalue weighted by molar-refractivity contribution is 0.313. The largest absolute Gasteiger partial charge is 0.409 e. The highest BCUT2D eigenvalue weighted by atomic mass is 16.4. The molecule has 0 aromatic heterocycles. The van der Waals surface area contributed by atoms with E-state index >= 15 is 0 Å². The smallest absolute Gasteiger partial charge is 0.143 e. The fraction of sp³-hybridized carbons (Fsp3) is 0.875. The van der Waals surface area contributed by atoms with Crippen LogP contribution in [0, 0.1) is 5.92 Å². The Morgan fingerprint density at radius 1 is 1.75 bits per heavy atom. The molecule has 70 valence electrons. The van der Waals surface area contributed by atoms with Crippen molar-refractivity contribution < 1.29 is 5.21 Å². The maximum Gasteiger partial charge on any atom is 0.143 e. The van der Waals surface area contributed by atoms with E-state index in [1.807, 2.05) is 6.92 Å². The molecule has 4 heteroatoms. The molecule has 0 amide bonds. The summed E-state index contributed by atoms with van der Waals surface area (Å²) in [5.74, 6) is 0.402. The van der Waals surface area contributed by atoms with E-state index in [4.69, 9.17) is 10.9 Å². The molecule has 0 aromatic rings. The zero-order valence-electron chi connectivity index (χ0n) is 7.67. The monoisotopic (exact) mass is 171 g/mol. The molecular weight excluding hydrogens is 154 g/mol. The summed E-state index contributed by atoms with van der Waals surface area (Å²) in [6, 6.07) is 0. The zero-order valence-corrected chi connectivity index (χ0v) is 7.67. The number of nitrogens with two attached hydrogens (primary N) is 1. The lowest BCUT2D eigenvalue weighted by atomic mass is 10.1. The number of amidine groups is 1. The molecule has 1 aliphatic rings. The van der Waals surface area contributed by atoms with Crippen LogP contribution in [0.2, 0.25) is 0 Å². The zero-order chi connectivity index (χ0) is 9.19. The molecule has 4 N–H and O–H groups in total. The van der Waals surface area contributed by atoms with Crippen LogP contribution in [0.1, 0.15) is 26.7 Å². The Kier molecular flexibility index (Phi) is 2.57. The van der Waals surface area contributed by atoms with Crippen LogP contribution < -0.4 is 11.1 Å². The first-order valence-electron chi connectivity index (χ1n) is 4.30. The van der Waals surface area contributed by atoms with Gasteiger partial charge in [-0.3, -0.25) is 0 Å². The van der Waals surface area contributed by atoms with E-state index in [-0.39, 0.29) is 5.92 Å². The first-order valence-corrected chi connectivity index (χ1v) is 4.30. The third-order valence-electron chi connectivity index (χ3n) is 2.46. The lowest BCUT2D eigenvalue weighted by Gasteiger charge is -2.15. The van der Waals surface area contributed by atoms with Crippen LogP contribution in [0.15, 0.2) is 5.16 Å². The average molecular weight is 171 g/mol. The van der Waals surface area contributed by atoms with Gasteiger partial charge in [-0.1, -0.05) is 12.1 Å². The Morgan fingerprint density at radius 2 is 2.33 bits per heavy atom. The van der Waals surface area contributed by atoms with Gasteiger partial charge in [0, 0.05) is 18.0 Å². The predicted octanol–water partition coefficient (Wildman–Crippen LogP) is 0.511. The third-order valence-corrected chi connectivity index (χ3v) is 2.46. The van der Waals surface area contributed by atoms with Crippen LogP contribution in [-0.4, -0.2) is 23.1 Å². The summed E-state index contributed by atoms with van der Waals surface area (Å²) in [7, 11) is 0. The quantitative estimate of drug-likeness (QED) is 0.250. The average Bonchev–Trinajstić information content (AvgIpc) is 2.79. The molecule has 0 saturated heterocycles. The number of nitrogens with one attached hydrogen (secondary N) is 1. The number of rotatable bonds is 4. The van der Waals surface area contributed by atoms with E-state index in [1.165, 1.54) is 12.8 Å². The SMILES string of the molecule is CC(CNC1(C)CC1)C(N)=NO. The maximum absolute atomic E-state index is 8.39. The highest BCUT2D eigenvalue weighted by Gasteiger charge is 2.36. The van der Waals surface area contributed by atoms with E-state index in [9.17, 15) is 0 Å². The molecule has 0 heterocycles. The van der Waals surface area contributed by atoms with Crippen LogP contribution in [0.4, 0.5) is 0 Å². The van der Waals surface area contributed by atoms with Gasteiger partial charge in [-0.05, 0) is 19.8 Å². The normalized spacial score (nSPS) is 23.7. The summed E-state index contributed by atoms with van der Waals surface area (Å²) < 4.78 is 0. The van der Waals surface area contributed by atoms with Crippen LogP contribution in [0.3, 0.4) is 0 Å². The molecule has 1 saturated carbocycles. The first-order chi connectivity index (χ1) is 5.57. The topological polar surface area (TPSA) is 70.6 Å². The second-order valence-electron chi connectivity index (χ2n) is 3.87. The van der Waals surface area contributed by atoms with Gasteiger partial charge in [-0.15, -0.1) is 0 Å². The van der Waals surface area contributed by atoms with Gasteiger partial charge in [-0.2, -0.15) is 0 Å². The molecule has 0 radical (unpaired) electrons. The Bertz CT molecular complexity index is 187. The summed E-state index contributed by atoms with van der Waals surface area (Å²) >= 11 is 0. The summed E-state index contributed by atoms with van der Waals surface area (Å²) in [4.78, 5) is 0. The third kappa shape index (κ3) is 2.37. The Hall–Kier alpha value is -0.770. The van der Waals surface area contributed by atoms with Gasteiger partial charge >= 0.3 is 0 Å². The molecule has 12 heavy (non-hydrogen) atoms. The molecular formula is C8H17N3O. The minimum absolute atomic E-state index is 0.104. The van der Waals surface area contributed by atoms with Crippen LogP contribution in [-0.2, 0) is 0 Å². The van der Waals surface area contributed by atoms with Gasteiger partial charge in [-0.25, -0.2) is 0 Å². The van der Waals surface area contributed by atoms with Crippen molar-refractivity contribution >= 4 is 5.84 Å². The van der Waals surface area contributed by atoms with Gasteiger partial charge in [0.05, 0.1) is 0 Å². The summed E-state index contributed by atoms with van der Waals surface area (Å²) in [6.45, 7) is 4.91. The fourth-order valence-electron chi connectivity index (χ4n) is 0.967. The van der Waals surface area contributed by atoms with E-state index in [0.29, 0.717) is 11.4 Å². The minimum Gasteiger partial charge on any atom is -0.409 e. The van der Waals surface area contributed by atoms with Gasteiger partial charge in [0.25, 0.3) is 0 Å². The Labute approximate surface area is 72.8 Å². The molecule has 1 fully saturated rings. The molecule has 1 atom stereocenters. The lowest BCUT2D eigenvalue weighted by Crippen LogP contribution is -2.37. The number of hydrogen-bond donors (Lipinski definition) is 3. The van der Waals surface area contributed by atoms with Gasteiger partial charge in [0.2, 0.25) is 0 Å². The van der Waals surface area contributed by atoms with E-state index in [2.05, 4.69) is 17.4 Å². The molecule has 1 rings (SSSR count). The molecule has 1 aliphatic carbocycles. The molecule has 1 unspecified atom stereocenters. The van der Waals surface area contributed by atoms with Crippen molar-refractivity contribution in [3.8, 4) is 0 Å². The molecule has 0 aliphatic heterocycles. The molecule has 0 bridgehead atoms. The van der Waals surface area contributed by atoms with Crippen LogP contribution >= 0.6 is 0 Å². The van der Waals surface area contributed by atoms with Crippen molar-refractivity contribution in [2.24, 2.45) is 16.8 Å². The predicted molar refractivity (Wildman–Crippen MR) is 48.2 cm³/mol. The van der Waals surface area contributed by atoms with Crippen molar-refractivity contribution in [1.82, 2.24) is 5.32 Å². The Balaban J connectivity index is 2.22. The highest BCUT2D eigenvalue weighted by molar-refractivity contribution is 5.82. The highest BCUT2D eigenvalue weighted by Crippen LogP contribution is 2.34. The number of oxime groups is 1. The van der Waals surface area contributed by atoms with Crippen molar-refractivity contribution in [1.29, 1.82) is 0 Å². The maximum atomic E-state index is 8.39. The Morgan fingerprint density at radius 3 is 2.75 bits per heavy atom. The van der Waals surface area contributed by atoms with Gasteiger partial charge < -0.3 is 16.3 Å². The summed E-state index contributed by atoms with van der Waals surface area (Å²) in [6.07, 6.45) is 2.46. The fourth-order valence-corrected chi connectivity index (χ4v) is 0.967. The van der Waals surface area contributed by atoms with E-state index < -0.39 is 0 Å². The summed E-state index contributed by atoms with van der Waals surface area (Å²) in [5, 5.41) is 14.7. The summed E-state index contributed by atoms with van der Waals surface area (Å²) in [5.41, 5.74) is 5.75. The van der Waals surface area contributed by atoms with Crippen LogP contribution in [0.5, 0.6) is 0 Å².